The highest BCUT2D eigenvalue weighted by atomic mass is 16.3. The highest BCUT2D eigenvalue weighted by Crippen LogP contribution is 2.12. The summed E-state index contributed by atoms with van der Waals surface area (Å²) in [7, 11) is 0. The van der Waals surface area contributed by atoms with Crippen LogP contribution >= 0.6 is 0 Å². The van der Waals surface area contributed by atoms with Crippen LogP contribution in [0.3, 0.4) is 0 Å². The van der Waals surface area contributed by atoms with Crippen molar-refractivity contribution in [2.45, 2.75) is 58.0 Å². The molecule has 0 saturated heterocycles. The molecule has 3 N–H and O–H groups in total. The maximum Gasteiger partial charge on any atom is 0.240 e. The Hall–Kier alpha value is -1.29. The zero-order valence-electron chi connectivity index (χ0n) is 11.5. The van der Waals surface area contributed by atoms with Crippen molar-refractivity contribution in [2.24, 2.45) is 5.73 Å². The van der Waals surface area contributed by atoms with Gasteiger partial charge in [0.05, 0.1) is 11.8 Å². The van der Waals surface area contributed by atoms with Gasteiger partial charge in [0.15, 0.2) is 0 Å². The van der Waals surface area contributed by atoms with Crippen molar-refractivity contribution < 1.29 is 9.21 Å². The minimum Gasteiger partial charge on any atom is -0.469 e. The molecule has 0 aromatic carbocycles. The molecule has 1 rings (SSSR count). The molecule has 1 aromatic rings. The third kappa shape index (κ3) is 3.88. The molecule has 1 aromatic heterocycles. The van der Waals surface area contributed by atoms with Gasteiger partial charge >= 0.3 is 0 Å². The van der Waals surface area contributed by atoms with E-state index in [2.05, 4.69) is 5.32 Å². The Morgan fingerprint density at radius 1 is 1.50 bits per heavy atom. The maximum absolute atomic E-state index is 12.0. The Labute approximate surface area is 109 Å². The summed E-state index contributed by atoms with van der Waals surface area (Å²) >= 11 is 0. The first-order valence-electron chi connectivity index (χ1n) is 6.64. The topological polar surface area (TPSA) is 68.3 Å². The van der Waals surface area contributed by atoms with Gasteiger partial charge in [0.2, 0.25) is 5.91 Å². The summed E-state index contributed by atoms with van der Waals surface area (Å²) in [6.45, 7) is 5.87. The molecule has 4 nitrogen and oxygen atoms in total. The van der Waals surface area contributed by atoms with Crippen LogP contribution in [0.4, 0.5) is 0 Å². The van der Waals surface area contributed by atoms with Crippen molar-refractivity contribution >= 4 is 5.91 Å². The fourth-order valence-corrected chi connectivity index (χ4v) is 1.82. The molecule has 0 aliphatic rings. The van der Waals surface area contributed by atoms with Gasteiger partial charge in [-0.3, -0.25) is 4.79 Å². The molecule has 1 heterocycles. The normalized spacial score (nSPS) is 13.3. The second kappa shape index (κ2) is 6.59. The van der Waals surface area contributed by atoms with Crippen LogP contribution in [-0.4, -0.2) is 17.5 Å². The molecule has 0 fully saturated rings. The Morgan fingerprint density at radius 3 is 2.67 bits per heavy atom. The second-order valence-corrected chi connectivity index (χ2v) is 4.86. The molecule has 1 atom stereocenters. The average molecular weight is 252 g/mol. The quantitative estimate of drug-likeness (QED) is 0.782. The largest absolute Gasteiger partial charge is 0.469 e. The van der Waals surface area contributed by atoms with Gasteiger partial charge in [-0.25, -0.2) is 0 Å². The van der Waals surface area contributed by atoms with Crippen molar-refractivity contribution in [3.05, 3.63) is 24.2 Å². The van der Waals surface area contributed by atoms with E-state index in [1.54, 1.807) is 6.26 Å². The second-order valence-electron chi connectivity index (χ2n) is 4.86. The van der Waals surface area contributed by atoms with E-state index in [0.717, 1.165) is 18.6 Å². The van der Waals surface area contributed by atoms with Crippen molar-refractivity contribution in [1.29, 1.82) is 0 Å². The van der Waals surface area contributed by atoms with Crippen LogP contribution in [0.5, 0.6) is 0 Å². The number of furan rings is 1. The molecule has 4 heteroatoms. The lowest BCUT2D eigenvalue weighted by atomic mass is 9.92. The van der Waals surface area contributed by atoms with Crippen molar-refractivity contribution in [1.82, 2.24) is 5.32 Å². The van der Waals surface area contributed by atoms with Crippen LogP contribution in [0.15, 0.2) is 22.8 Å². The number of hydrogen-bond acceptors (Lipinski definition) is 3. The molecule has 1 amide bonds. The van der Waals surface area contributed by atoms with Crippen LogP contribution in [0, 0.1) is 0 Å². The molecule has 18 heavy (non-hydrogen) atoms. The molecule has 0 bridgehead atoms. The van der Waals surface area contributed by atoms with E-state index in [1.165, 1.54) is 0 Å². The third-order valence-corrected chi connectivity index (χ3v) is 3.50. The van der Waals surface area contributed by atoms with Crippen molar-refractivity contribution in [2.75, 3.05) is 0 Å². The molecule has 0 aliphatic carbocycles. The molecule has 0 spiro atoms. The lowest BCUT2D eigenvalue weighted by molar-refractivity contribution is -0.127. The Balaban J connectivity index is 2.39. The summed E-state index contributed by atoms with van der Waals surface area (Å²) < 4.78 is 5.26. The number of rotatable bonds is 7. The number of carbonyl (C=O) groups is 1. The van der Waals surface area contributed by atoms with Gasteiger partial charge in [0, 0.05) is 12.5 Å². The smallest absolute Gasteiger partial charge is 0.240 e. The number of amides is 1. The van der Waals surface area contributed by atoms with Gasteiger partial charge < -0.3 is 15.5 Å². The van der Waals surface area contributed by atoms with Crippen LogP contribution in [0.25, 0.3) is 0 Å². The van der Waals surface area contributed by atoms with Crippen LogP contribution < -0.4 is 11.1 Å². The standard InChI is InChI=1S/C14H24N2O2/c1-4-14(15,5-2)13(17)16-11(3)8-9-12-7-6-10-18-12/h6-7,10-11H,4-5,8-9,15H2,1-3H3,(H,16,17). The highest BCUT2D eigenvalue weighted by Gasteiger charge is 2.30. The van der Waals surface area contributed by atoms with E-state index >= 15 is 0 Å². The van der Waals surface area contributed by atoms with Crippen LogP contribution in [-0.2, 0) is 11.2 Å². The molecule has 0 radical (unpaired) electrons. The van der Waals surface area contributed by atoms with Gasteiger partial charge in [-0.1, -0.05) is 13.8 Å². The van der Waals surface area contributed by atoms with Gasteiger partial charge in [0.25, 0.3) is 0 Å². The average Bonchev–Trinajstić information content (AvgIpc) is 2.88. The number of carbonyl (C=O) groups excluding carboxylic acids is 1. The minimum absolute atomic E-state index is 0.0561. The first-order valence-corrected chi connectivity index (χ1v) is 6.64. The van der Waals surface area contributed by atoms with Gasteiger partial charge in [-0.2, -0.15) is 0 Å². The van der Waals surface area contributed by atoms with E-state index < -0.39 is 5.54 Å². The van der Waals surface area contributed by atoms with E-state index in [0.29, 0.717) is 12.8 Å². The number of aryl methyl sites for hydroxylation is 1. The Bertz CT molecular complexity index is 356. The lowest BCUT2D eigenvalue weighted by Gasteiger charge is -2.27. The first kappa shape index (κ1) is 14.8. The molecule has 0 aliphatic heterocycles. The fourth-order valence-electron chi connectivity index (χ4n) is 1.82. The summed E-state index contributed by atoms with van der Waals surface area (Å²) in [5, 5.41) is 2.98. The van der Waals surface area contributed by atoms with Crippen LogP contribution in [0.2, 0.25) is 0 Å². The van der Waals surface area contributed by atoms with Gasteiger partial charge in [-0.15, -0.1) is 0 Å². The SMILES string of the molecule is CCC(N)(CC)C(=O)NC(C)CCc1ccco1. The Kier molecular flexibility index (Phi) is 5.41. The minimum atomic E-state index is -0.737. The van der Waals surface area contributed by atoms with Crippen molar-refractivity contribution in [3.8, 4) is 0 Å². The predicted molar refractivity (Wildman–Crippen MR) is 72.1 cm³/mol. The fraction of sp³-hybridized carbons (Fsp3) is 0.643. The van der Waals surface area contributed by atoms with E-state index in [9.17, 15) is 4.79 Å². The molecule has 102 valence electrons. The zero-order chi connectivity index (χ0) is 13.6. The molecular formula is C14H24N2O2. The zero-order valence-corrected chi connectivity index (χ0v) is 11.5. The molecular weight excluding hydrogens is 228 g/mol. The van der Waals surface area contributed by atoms with Crippen LogP contribution in [0.1, 0.15) is 45.8 Å². The lowest BCUT2D eigenvalue weighted by Crippen LogP contribution is -2.55. The van der Waals surface area contributed by atoms with E-state index in [1.807, 2.05) is 32.9 Å². The van der Waals surface area contributed by atoms with Gasteiger partial charge in [0.1, 0.15) is 5.76 Å². The number of nitrogens with two attached hydrogens (primary N) is 1. The molecule has 1 unspecified atom stereocenters. The predicted octanol–water partition coefficient (Wildman–Crippen LogP) is 2.23. The maximum atomic E-state index is 12.0. The summed E-state index contributed by atoms with van der Waals surface area (Å²) in [6.07, 6.45) is 4.64. The summed E-state index contributed by atoms with van der Waals surface area (Å²) in [6, 6.07) is 3.92. The highest BCUT2D eigenvalue weighted by molar-refractivity contribution is 5.86. The first-order chi connectivity index (χ1) is 8.51. The van der Waals surface area contributed by atoms with E-state index in [4.69, 9.17) is 10.2 Å². The summed E-state index contributed by atoms with van der Waals surface area (Å²) in [5.41, 5.74) is 5.31. The van der Waals surface area contributed by atoms with E-state index in [-0.39, 0.29) is 11.9 Å². The number of hydrogen-bond donors (Lipinski definition) is 2. The Morgan fingerprint density at radius 2 is 2.17 bits per heavy atom. The van der Waals surface area contributed by atoms with Crippen molar-refractivity contribution in [3.63, 3.8) is 0 Å². The monoisotopic (exact) mass is 252 g/mol. The third-order valence-electron chi connectivity index (χ3n) is 3.50. The summed E-state index contributed by atoms with van der Waals surface area (Å²) in [5.74, 6) is 0.889. The molecule has 0 saturated carbocycles. The number of nitrogens with one attached hydrogen (secondary N) is 1. The summed E-state index contributed by atoms with van der Waals surface area (Å²) in [4.78, 5) is 12.0. The van der Waals surface area contributed by atoms with Gasteiger partial charge in [-0.05, 0) is 38.3 Å².